The number of hydrogen-bond donors (Lipinski definition) is 1. The van der Waals surface area contributed by atoms with Gasteiger partial charge in [0.1, 0.15) is 0 Å². The van der Waals surface area contributed by atoms with Crippen LogP contribution in [0.15, 0.2) is 18.2 Å². The van der Waals surface area contributed by atoms with Gasteiger partial charge in [0.05, 0.1) is 0 Å². The highest BCUT2D eigenvalue weighted by Crippen LogP contribution is 2.26. The van der Waals surface area contributed by atoms with Crippen molar-refractivity contribution in [3.05, 3.63) is 33.8 Å². The lowest BCUT2D eigenvalue weighted by molar-refractivity contribution is 0.258. The number of benzene rings is 1. The molecule has 0 radical (unpaired) electrons. The van der Waals surface area contributed by atoms with E-state index in [9.17, 15) is 0 Å². The molecule has 0 aliphatic rings. The van der Waals surface area contributed by atoms with Crippen LogP contribution in [-0.4, -0.2) is 12.6 Å². The van der Waals surface area contributed by atoms with Gasteiger partial charge in [0.15, 0.2) is 0 Å². The van der Waals surface area contributed by atoms with Gasteiger partial charge >= 0.3 is 0 Å². The van der Waals surface area contributed by atoms with E-state index in [0.717, 1.165) is 35.0 Å². The highest BCUT2D eigenvalue weighted by molar-refractivity contribution is 6.33. The first-order valence-electron chi connectivity index (χ1n) is 6.52. The minimum absolute atomic E-state index is 0.251. The van der Waals surface area contributed by atoms with E-state index in [0.29, 0.717) is 6.04 Å². The Bertz CT molecular complexity index is 383. The Balaban J connectivity index is 2.70. The maximum Gasteiger partial charge on any atom is 0.0439 e. The van der Waals surface area contributed by atoms with E-state index < -0.39 is 0 Å². The Morgan fingerprint density at radius 1 is 1.22 bits per heavy atom. The monoisotopic (exact) mass is 287 g/mol. The molecule has 1 atom stereocenters. The van der Waals surface area contributed by atoms with Crippen molar-refractivity contribution in [2.24, 2.45) is 5.41 Å². The predicted molar refractivity (Wildman–Crippen MR) is 81.7 cm³/mol. The molecule has 18 heavy (non-hydrogen) atoms. The first-order chi connectivity index (χ1) is 8.34. The molecular weight excluding hydrogens is 265 g/mol. The Hall–Kier alpha value is -0.240. The van der Waals surface area contributed by atoms with E-state index in [-0.39, 0.29) is 5.41 Å². The van der Waals surface area contributed by atoms with Crippen molar-refractivity contribution in [1.29, 1.82) is 0 Å². The summed E-state index contributed by atoms with van der Waals surface area (Å²) < 4.78 is 0. The van der Waals surface area contributed by atoms with Crippen LogP contribution in [-0.2, 0) is 6.42 Å². The Morgan fingerprint density at radius 2 is 1.89 bits per heavy atom. The lowest BCUT2D eigenvalue weighted by Crippen LogP contribution is -2.40. The fourth-order valence-corrected chi connectivity index (χ4v) is 2.53. The number of nitrogens with one attached hydrogen (secondary N) is 1. The number of halogens is 2. The molecule has 0 aromatic heterocycles. The highest BCUT2D eigenvalue weighted by atomic mass is 35.5. The fourth-order valence-electron chi connectivity index (χ4n) is 2.12. The first-order valence-corrected chi connectivity index (χ1v) is 7.27. The van der Waals surface area contributed by atoms with Crippen molar-refractivity contribution in [2.75, 3.05) is 6.54 Å². The number of hydrogen-bond acceptors (Lipinski definition) is 1. The van der Waals surface area contributed by atoms with Crippen LogP contribution in [0.2, 0.25) is 10.0 Å². The fraction of sp³-hybridized carbons (Fsp3) is 0.600. The average Bonchev–Trinajstić information content (AvgIpc) is 2.27. The first kappa shape index (κ1) is 15.8. The van der Waals surface area contributed by atoms with Gasteiger partial charge in [-0.2, -0.15) is 0 Å². The Kier molecular flexibility index (Phi) is 5.97. The van der Waals surface area contributed by atoms with Crippen molar-refractivity contribution in [2.45, 2.75) is 46.6 Å². The van der Waals surface area contributed by atoms with Crippen LogP contribution in [0.4, 0.5) is 0 Å². The summed E-state index contributed by atoms with van der Waals surface area (Å²) in [6.07, 6.45) is 2.02. The third-order valence-electron chi connectivity index (χ3n) is 3.21. The standard InChI is InChI=1S/C15H23Cl2N/c1-5-18-14(15(2,3)4)9-6-11-10-12(16)7-8-13(11)17/h7-8,10,14,18H,5-6,9H2,1-4H3. The molecule has 0 amide bonds. The number of aryl methyl sites for hydroxylation is 1. The zero-order valence-electron chi connectivity index (χ0n) is 11.7. The van der Waals surface area contributed by atoms with Crippen molar-refractivity contribution in [1.82, 2.24) is 5.32 Å². The minimum Gasteiger partial charge on any atom is -0.314 e. The summed E-state index contributed by atoms with van der Waals surface area (Å²) in [4.78, 5) is 0. The summed E-state index contributed by atoms with van der Waals surface area (Å²) in [5.74, 6) is 0. The molecule has 0 saturated heterocycles. The molecule has 1 unspecified atom stereocenters. The van der Waals surface area contributed by atoms with Crippen LogP contribution >= 0.6 is 23.2 Å². The SMILES string of the molecule is CCNC(CCc1cc(Cl)ccc1Cl)C(C)(C)C. The van der Waals surface area contributed by atoms with Crippen LogP contribution in [0.3, 0.4) is 0 Å². The molecule has 1 aromatic rings. The van der Waals surface area contributed by atoms with Crippen LogP contribution in [0, 0.1) is 5.41 Å². The summed E-state index contributed by atoms with van der Waals surface area (Å²) in [6, 6.07) is 6.16. The molecule has 3 heteroatoms. The predicted octanol–water partition coefficient (Wildman–Crippen LogP) is 4.95. The Labute approximate surface area is 121 Å². The summed E-state index contributed by atoms with van der Waals surface area (Å²) in [7, 11) is 0. The third kappa shape index (κ3) is 4.79. The largest absolute Gasteiger partial charge is 0.314 e. The third-order valence-corrected chi connectivity index (χ3v) is 3.81. The maximum absolute atomic E-state index is 6.19. The summed E-state index contributed by atoms with van der Waals surface area (Å²) in [6.45, 7) is 9.93. The zero-order chi connectivity index (χ0) is 13.8. The Morgan fingerprint density at radius 3 is 2.44 bits per heavy atom. The molecule has 0 fully saturated rings. The van der Waals surface area contributed by atoms with E-state index in [1.54, 1.807) is 0 Å². The zero-order valence-corrected chi connectivity index (χ0v) is 13.2. The quantitative estimate of drug-likeness (QED) is 0.808. The molecule has 1 nitrogen and oxygen atoms in total. The van der Waals surface area contributed by atoms with Gasteiger partial charge < -0.3 is 5.32 Å². The van der Waals surface area contributed by atoms with Crippen LogP contribution < -0.4 is 5.32 Å². The van der Waals surface area contributed by atoms with E-state index in [1.807, 2.05) is 18.2 Å². The molecule has 1 N–H and O–H groups in total. The topological polar surface area (TPSA) is 12.0 Å². The minimum atomic E-state index is 0.251. The summed E-state index contributed by atoms with van der Waals surface area (Å²) in [5, 5.41) is 5.11. The lowest BCUT2D eigenvalue weighted by Gasteiger charge is -2.31. The normalized spacial score (nSPS) is 13.7. The average molecular weight is 288 g/mol. The van der Waals surface area contributed by atoms with Crippen molar-refractivity contribution in [3.63, 3.8) is 0 Å². The lowest BCUT2D eigenvalue weighted by atomic mass is 9.83. The van der Waals surface area contributed by atoms with E-state index >= 15 is 0 Å². The molecule has 102 valence electrons. The van der Waals surface area contributed by atoms with Crippen molar-refractivity contribution < 1.29 is 0 Å². The van der Waals surface area contributed by atoms with Gasteiger partial charge in [-0.15, -0.1) is 0 Å². The molecule has 0 saturated carbocycles. The van der Waals surface area contributed by atoms with E-state index in [4.69, 9.17) is 23.2 Å². The van der Waals surface area contributed by atoms with Crippen LogP contribution in [0.5, 0.6) is 0 Å². The smallest absolute Gasteiger partial charge is 0.0439 e. The van der Waals surface area contributed by atoms with Crippen molar-refractivity contribution >= 4 is 23.2 Å². The van der Waals surface area contributed by atoms with Gasteiger partial charge in [0, 0.05) is 16.1 Å². The van der Waals surface area contributed by atoms with Gasteiger partial charge in [-0.05, 0) is 48.6 Å². The second kappa shape index (κ2) is 6.79. The second-order valence-electron chi connectivity index (χ2n) is 5.75. The number of rotatable bonds is 5. The van der Waals surface area contributed by atoms with Crippen molar-refractivity contribution in [3.8, 4) is 0 Å². The van der Waals surface area contributed by atoms with Gasteiger partial charge in [-0.1, -0.05) is 50.9 Å². The summed E-state index contributed by atoms with van der Waals surface area (Å²) >= 11 is 12.2. The van der Waals surface area contributed by atoms with Gasteiger partial charge in [0.25, 0.3) is 0 Å². The molecule has 0 aliphatic heterocycles. The van der Waals surface area contributed by atoms with E-state index in [2.05, 4.69) is 33.0 Å². The molecular formula is C15H23Cl2N. The van der Waals surface area contributed by atoms with Gasteiger partial charge in [0.2, 0.25) is 0 Å². The molecule has 0 heterocycles. The second-order valence-corrected chi connectivity index (χ2v) is 6.59. The van der Waals surface area contributed by atoms with Gasteiger partial charge in [-0.25, -0.2) is 0 Å². The summed E-state index contributed by atoms with van der Waals surface area (Å²) in [5.41, 5.74) is 1.39. The van der Waals surface area contributed by atoms with Crippen LogP contribution in [0.25, 0.3) is 0 Å². The molecule has 0 spiro atoms. The van der Waals surface area contributed by atoms with Gasteiger partial charge in [-0.3, -0.25) is 0 Å². The molecule has 0 aliphatic carbocycles. The highest BCUT2D eigenvalue weighted by Gasteiger charge is 2.23. The van der Waals surface area contributed by atoms with E-state index in [1.165, 1.54) is 0 Å². The molecule has 1 aromatic carbocycles. The molecule has 1 rings (SSSR count). The molecule has 0 bridgehead atoms. The maximum atomic E-state index is 6.19. The van der Waals surface area contributed by atoms with Crippen LogP contribution in [0.1, 0.15) is 39.7 Å².